The molecule has 2 rings (SSSR count). The first-order chi connectivity index (χ1) is 7.47. The molecular formula is C12H14N2OS. The monoisotopic (exact) mass is 234 g/mol. The van der Waals surface area contributed by atoms with E-state index in [1.54, 1.807) is 0 Å². The minimum Gasteiger partial charge on any atom is -0.255 e. The lowest BCUT2D eigenvalue weighted by atomic mass is 9.87. The molecule has 4 heteroatoms. The minimum atomic E-state index is -0.116. The van der Waals surface area contributed by atoms with E-state index in [0.29, 0.717) is 0 Å². The fourth-order valence-electron chi connectivity index (χ4n) is 1.47. The molecule has 0 saturated carbocycles. The minimum absolute atomic E-state index is 0.116. The summed E-state index contributed by atoms with van der Waals surface area (Å²) in [5.41, 5.74) is 2.41. The summed E-state index contributed by atoms with van der Waals surface area (Å²) in [5.74, 6) is 0. The van der Waals surface area contributed by atoms with Crippen molar-refractivity contribution in [2.45, 2.75) is 26.2 Å². The largest absolute Gasteiger partial charge is 0.322 e. The predicted molar refractivity (Wildman–Crippen MR) is 66.9 cm³/mol. The Morgan fingerprint density at radius 1 is 1.19 bits per heavy atom. The SMILES string of the molecule is CC(C)(C)c1ccc(-c2n[nH]c(=O)s2)cc1. The Morgan fingerprint density at radius 3 is 2.25 bits per heavy atom. The molecule has 0 aliphatic heterocycles. The number of H-pyrrole nitrogens is 1. The lowest BCUT2D eigenvalue weighted by Crippen LogP contribution is -2.10. The highest BCUT2D eigenvalue weighted by Crippen LogP contribution is 2.25. The summed E-state index contributed by atoms with van der Waals surface area (Å²) in [5, 5.41) is 7.12. The van der Waals surface area contributed by atoms with Gasteiger partial charge >= 0.3 is 4.87 Å². The Balaban J connectivity index is 2.36. The van der Waals surface area contributed by atoms with E-state index in [4.69, 9.17) is 0 Å². The van der Waals surface area contributed by atoms with Crippen molar-refractivity contribution >= 4 is 11.3 Å². The number of aromatic amines is 1. The second-order valence-corrected chi connectivity index (χ2v) is 5.71. The Morgan fingerprint density at radius 2 is 1.81 bits per heavy atom. The molecule has 0 amide bonds. The van der Waals surface area contributed by atoms with Gasteiger partial charge in [-0.05, 0) is 11.0 Å². The molecule has 84 valence electrons. The highest BCUT2D eigenvalue weighted by Gasteiger charge is 2.13. The quantitative estimate of drug-likeness (QED) is 0.824. The van der Waals surface area contributed by atoms with Crippen molar-refractivity contribution in [3.8, 4) is 10.6 Å². The number of nitrogens with one attached hydrogen (secondary N) is 1. The van der Waals surface area contributed by atoms with Crippen LogP contribution in [0.15, 0.2) is 29.1 Å². The zero-order valence-electron chi connectivity index (χ0n) is 9.57. The summed E-state index contributed by atoms with van der Waals surface area (Å²) in [6.07, 6.45) is 0. The normalized spacial score (nSPS) is 11.7. The van der Waals surface area contributed by atoms with Crippen LogP contribution in [-0.4, -0.2) is 10.2 Å². The maximum absolute atomic E-state index is 11.0. The molecule has 1 aromatic carbocycles. The molecule has 1 aromatic heterocycles. The van der Waals surface area contributed by atoms with Gasteiger partial charge in [-0.25, -0.2) is 5.10 Å². The van der Waals surface area contributed by atoms with E-state index >= 15 is 0 Å². The summed E-state index contributed by atoms with van der Waals surface area (Å²) in [6, 6.07) is 8.18. The summed E-state index contributed by atoms with van der Waals surface area (Å²) in [4.78, 5) is 10.9. The molecule has 1 N–H and O–H groups in total. The van der Waals surface area contributed by atoms with Crippen LogP contribution in [0.2, 0.25) is 0 Å². The van der Waals surface area contributed by atoms with Crippen LogP contribution in [0, 0.1) is 0 Å². The van der Waals surface area contributed by atoms with Gasteiger partial charge in [-0.2, -0.15) is 5.10 Å². The summed E-state index contributed by atoms with van der Waals surface area (Å²) < 4.78 is 0. The fourth-order valence-corrected chi connectivity index (χ4v) is 2.08. The van der Waals surface area contributed by atoms with Gasteiger partial charge in [-0.15, -0.1) is 0 Å². The number of hydrogen-bond donors (Lipinski definition) is 1. The van der Waals surface area contributed by atoms with E-state index in [-0.39, 0.29) is 10.3 Å². The maximum atomic E-state index is 11.0. The van der Waals surface area contributed by atoms with Gasteiger partial charge in [-0.3, -0.25) is 4.79 Å². The standard InChI is InChI=1S/C12H14N2OS/c1-12(2,3)9-6-4-8(5-7-9)10-13-14-11(15)16-10/h4-7H,1-3H3,(H,14,15). The van der Waals surface area contributed by atoms with Gasteiger partial charge in [0.1, 0.15) is 5.01 Å². The van der Waals surface area contributed by atoms with Crippen LogP contribution in [0.4, 0.5) is 0 Å². The zero-order chi connectivity index (χ0) is 11.8. The average Bonchev–Trinajstić information content (AvgIpc) is 2.64. The molecule has 2 aromatic rings. The molecule has 0 aliphatic carbocycles. The van der Waals surface area contributed by atoms with Crippen LogP contribution in [0.3, 0.4) is 0 Å². The lowest BCUT2D eigenvalue weighted by Gasteiger charge is -2.18. The molecule has 3 nitrogen and oxygen atoms in total. The van der Waals surface area contributed by atoms with Crippen LogP contribution in [0.25, 0.3) is 10.6 Å². The van der Waals surface area contributed by atoms with Crippen molar-refractivity contribution in [3.63, 3.8) is 0 Å². The third kappa shape index (κ3) is 2.22. The van der Waals surface area contributed by atoms with Crippen LogP contribution < -0.4 is 4.87 Å². The second kappa shape index (κ2) is 3.87. The third-order valence-electron chi connectivity index (χ3n) is 2.44. The molecule has 1 heterocycles. The Kier molecular flexibility index (Phi) is 2.68. The molecule has 0 spiro atoms. The van der Waals surface area contributed by atoms with E-state index in [9.17, 15) is 4.79 Å². The van der Waals surface area contributed by atoms with Gasteiger partial charge in [0, 0.05) is 5.56 Å². The molecule has 0 fully saturated rings. The van der Waals surface area contributed by atoms with Gasteiger partial charge < -0.3 is 0 Å². The van der Waals surface area contributed by atoms with E-state index in [2.05, 4.69) is 43.1 Å². The summed E-state index contributed by atoms with van der Waals surface area (Å²) in [7, 11) is 0. The summed E-state index contributed by atoms with van der Waals surface area (Å²) >= 11 is 1.13. The molecule has 16 heavy (non-hydrogen) atoms. The van der Waals surface area contributed by atoms with E-state index in [0.717, 1.165) is 21.9 Å². The molecule has 0 saturated heterocycles. The van der Waals surface area contributed by atoms with Gasteiger partial charge in [0.2, 0.25) is 0 Å². The number of nitrogens with zero attached hydrogens (tertiary/aromatic N) is 1. The van der Waals surface area contributed by atoms with Crippen LogP contribution in [-0.2, 0) is 5.41 Å². The van der Waals surface area contributed by atoms with Crippen LogP contribution >= 0.6 is 11.3 Å². The molecule has 0 bridgehead atoms. The number of aromatic nitrogens is 2. The van der Waals surface area contributed by atoms with Gasteiger partial charge in [-0.1, -0.05) is 56.4 Å². The van der Waals surface area contributed by atoms with Gasteiger partial charge in [0.05, 0.1) is 0 Å². The molecule has 0 atom stereocenters. The highest BCUT2D eigenvalue weighted by atomic mass is 32.1. The Hall–Kier alpha value is -1.42. The van der Waals surface area contributed by atoms with Crippen molar-refractivity contribution in [2.75, 3.05) is 0 Å². The molecule has 0 radical (unpaired) electrons. The van der Waals surface area contributed by atoms with Crippen molar-refractivity contribution in [1.29, 1.82) is 0 Å². The topological polar surface area (TPSA) is 45.8 Å². The molecular weight excluding hydrogens is 220 g/mol. The maximum Gasteiger partial charge on any atom is 0.322 e. The van der Waals surface area contributed by atoms with Gasteiger partial charge in [0.15, 0.2) is 0 Å². The molecule has 0 aliphatic rings. The van der Waals surface area contributed by atoms with E-state index < -0.39 is 0 Å². The Labute approximate surface area is 98.2 Å². The van der Waals surface area contributed by atoms with Crippen molar-refractivity contribution in [1.82, 2.24) is 10.2 Å². The van der Waals surface area contributed by atoms with E-state index in [1.807, 2.05) is 12.1 Å². The Bertz CT molecular complexity index is 531. The van der Waals surface area contributed by atoms with Crippen LogP contribution in [0.1, 0.15) is 26.3 Å². The average molecular weight is 234 g/mol. The number of hydrogen-bond acceptors (Lipinski definition) is 3. The fraction of sp³-hybridized carbons (Fsp3) is 0.333. The third-order valence-corrected chi connectivity index (χ3v) is 3.23. The van der Waals surface area contributed by atoms with Crippen molar-refractivity contribution in [2.24, 2.45) is 0 Å². The second-order valence-electron chi connectivity index (χ2n) is 4.75. The first kappa shape index (κ1) is 11.1. The number of rotatable bonds is 1. The lowest BCUT2D eigenvalue weighted by molar-refractivity contribution is 0.590. The zero-order valence-corrected chi connectivity index (χ0v) is 10.4. The predicted octanol–water partition coefficient (Wildman–Crippen LogP) is 2.80. The van der Waals surface area contributed by atoms with Gasteiger partial charge in [0.25, 0.3) is 0 Å². The smallest absolute Gasteiger partial charge is 0.255 e. The van der Waals surface area contributed by atoms with E-state index in [1.165, 1.54) is 5.56 Å². The number of benzene rings is 1. The summed E-state index contributed by atoms with van der Waals surface area (Å²) in [6.45, 7) is 6.53. The molecule has 0 unspecified atom stereocenters. The first-order valence-electron chi connectivity index (χ1n) is 5.13. The van der Waals surface area contributed by atoms with Crippen LogP contribution in [0.5, 0.6) is 0 Å². The highest BCUT2D eigenvalue weighted by molar-refractivity contribution is 7.12. The van der Waals surface area contributed by atoms with Crippen molar-refractivity contribution in [3.05, 3.63) is 39.5 Å². The first-order valence-corrected chi connectivity index (χ1v) is 5.95. The van der Waals surface area contributed by atoms with Crippen molar-refractivity contribution < 1.29 is 0 Å².